The minimum Gasteiger partial charge on any atom is -0.504 e. The summed E-state index contributed by atoms with van der Waals surface area (Å²) in [4.78, 5) is 30.0. The Hall–Kier alpha value is -3.97. The molecule has 1 aliphatic rings. The molecular weight excluding hydrogens is 448 g/mol. The number of aryl methyl sites for hydroxylation is 2. The van der Waals surface area contributed by atoms with Gasteiger partial charge in [-0.15, -0.1) is 0 Å². The van der Waals surface area contributed by atoms with E-state index in [4.69, 9.17) is 17.0 Å². The van der Waals surface area contributed by atoms with Crippen LogP contribution in [-0.2, 0) is 9.59 Å². The van der Waals surface area contributed by atoms with E-state index in [-0.39, 0.29) is 22.2 Å². The van der Waals surface area contributed by atoms with Crippen LogP contribution in [0.25, 0.3) is 6.08 Å². The fourth-order valence-electron chi connectivity index (χ4n) is 3.69. The molecule has 6 nitrogen and oxygen atoms in total. The normalized spacial score (nSPS) is 15.3. The van der Waals surface area contributed by atoms with Crippen LogP contribution in [0.2, 0.25) is 0 Å². The number of phenols is 1. The summed E-state index contributed by atoms with van der Waals surface area (Å²) in [6.45, 7) is 6.11. The molecule has 3 aromatic carbocycles. The summed E-state index contributed by atoms with van der Waals surface area (Å²) in [5, 5.41) is 10.1. The van der Waals surface area contributed by atoms with Gasteiger partial charge in [-0.2, -0.15) is 0 Å². The smallest absolute Gasteiger partial charge is 0.270 e. The van der Waals surface area contributed by atoms with Crippen molar-refractivity contribution in [2.24, 2.45) is 0 Å². The first kappa shape index (κ1) is 23.2. The van der Waals surface area contributed by atoms with Crippen LogP contribution >= 0.6 is 12.2 Å². The maximum Gasteiger partial charge on any atom is 0.270 e. The van der Waals surface area contributed by atoms with Crippen molar-refractivity contribution in [2.75, 3.05) is 16.4 Å². The van der Waals surface area contributed by atoms with Crippen LogP contribution in [0.5, 0.6) is 11.5 Å². The molecule has 1 heterocycles. The van der Waals surface area contributed by atoms with Gasteiger partial charge in [-0.1, -0.05) is 30.3 Å². The minimum atomic E-state index is -0.521. The molecule has 172 valence electrons. The minimum absolute atomic E-state index is 0.0193. The molecule has 0 unspecified atom stereocenters. The number of aromatic hydroxyl groups is 1. The van der Waals surface area contributed by atoms with Gasteiger partial charge in [-0.3, -0.25) is 19.4 Å². The van der Waals surface area contributed by atoms with E-state index in [1.54, 1.807) is 43.3 Å². The van der Waals surface area contributed by atoms with Crippen LogP contribution < -0.4 is 14.5 Å². The van der Waals surface area contributed by atoms with Gasteiger partial charge in [0, 0.05) is 0 Å². The van der Waals surface area contributed by atoms with Crippen molar-refractivity contribution in [3.05, 3.63) is 89.0 Å². The van der Waals surface area contributed by atoms with Crippen LogP contribution in [0.1, 0.15) is 23.6 Å². The Kier molecular flexibility index (Phi) is 6.47. The van der Waals surface area contributed by atoms with Gasteiger partial charge in [0.05, 0.1) is 18.0 Å². The molecule has 1 aliphatic heterocycles. The average molecular weight is 473 g/mol. The van der Waals surface area contributed by atoms with Crippen molar-refractivity contribution >= 4 is 46.6 Å². The number of para-hydroxylation sites is 1. The lowest BCUT2D eigenvalue weighted by Gasteiger charge is -2.36. The summed E-state index contributed by atoms with van der Waals surface area (Å²) >= 11 is 5.66. The van der Waals surface area contributed by atoms with Gasteiger partial charge in [-0.25, -0.2) is 0 Å². The molecule has 1 saturated heterocycles. The second-order valence-corrected chi connectivity index (χ2v) is 8.25. The monoisotopic (exact) mass is 472 g/mol. The second kappa shape index (κ2) is 9.49. The number of amides is 2. The largest absolute Gasteiger partial charge is 0.504 e. The third-order valence-electron chi connectivity index (χ3n) is 5.61. The highest BCUT2D eigenvalue weighted by Crippen LogP contribution is 2.32. The van der Waals surface area contributed by atoms with Gasteiger partial charge in [-0.05, 0) is 92.2 Å². The molecule has 1 fully saturated rings. The van der Waals surface area contributed by atoms with E-state index < -0.39 is 11.8 Å². The number of anilines is 2. The lowest BCUT2D eigenvalue weighted by molar-refractivity contribution is -0.120. The number of carbonyl (C=O) groups excluding carboxylic acids is 2. The van der Waals surface area contributed by atoms with E-state index in [0.717, 1.165) is 11.1 Å². The quantitative estimate of drug-likeness (QED) is 0.316. The van der Waals surface area contributed by atoms with E-state index >= 15 is 0 Å². The summed E-state index contributed by atoms with van der Waals surface area (Å²) in [7, 11) is 0. The maximum atomic E-state index is 13.6. The Bertz CT molecular complexity index is 1320. The Morgan fingerprint density at radius 1 is 0.882 bits per heavy atom. The number of hydrogen-bond donors (Lipinski definition) is 1. The van der Waals surface area contributed by atoms with Crippen molar-refractivity contribution < 1.29 is 19.4 Å². The number of hydrogen-bond acceptors (Lipinski definition) is 5. The molecule has 7 heteroatoms. The molecule has 0 saturated carbocycles. The predicted molar refractivity (Wildman–Crippen MR) is 137 cm³/mol. The molecule has 3 aromatic rings. The molecule has 4 rings (SSSR count). The van der Waals surface area contributed by atoms with Crippen molar-refractivity contribution in [1.82, 2.24) is 0 Å². The van der Waals surface area contributed by atoms with E-state index in [1.165, 1.54) is 21.9 Å². The topological polar surface area (TPSA) is 70.1 Å². The molecule has 0 aliphatic carbocycles. The fraction of sp³-hybridized carbons (Fsp3) is 0.148. The van der Waals surface area contributed by atoms with E-state index in [0.29, 0.717) is 23.5 Å². The first-order chi connectivity index (χ1) is 16.3. The zero-order chi connectivity index (χ0) is 24.4. The third-order valence-corrected chi connectivity index (χ3v) is 5.97. The number of phenolic OH excluding ortho intramolecular Hbond substituents is 1. The molecule has 1 N–H and O–H groups in total. The zero-order valence-corrected chi connectivity index (χ0v) is 19.9. The van der Waals surface area contributed by atoms with Crippen LogP contribution in [-0.4, -0.2) is 28.6 Å². The number of benzene rings is 3. The van der Waals surface area contributed by atoms with Crippen LogP contribution in [0.3, 0.4) is 0 Å². The van der Waals surface area contributed by atoms with Crippen molar-refractivity contribution in [1.29, 1.82) is 0 Å². The summed E-state index contributed by atoms with van der Waals surface area (Å²) < 4.78 is 5.45. The molecule has 0 bridgehead atoms. The third kappa shape index (κ3) is 4.30. The Morgan fingerprint density at radius 2 is 1.56 bits per heavy atom. The highest BCUT2D eigenvalue weighted by molar-refractivity contribution is 7.81. The van der Waals surface area contributed by atoms with E-state index in [1.807, 2.05) is 38.1 Å². The average Bonchev–Trinajstić information content (AvgIpc) is 2.82. The van der Waals surface area contributed by atoms with Gasteiger partial charge in [0.25, 0.3) is 11.8 Å². The fourth-order valence-corrected chi connectivity index (χ4v) is 4.06. The highest BCUT2D eigenvalue weighted by atomic mass is 32.1. The number of ether oxygens (including phenoxy) is 1. The number of thiocarbonyl (C=S) groups is 1. The lowest BCUT2D eigenvalue weighted by Crippen LogP contribution is -2.57. The zero-order valence-electron chi connectivity index (χ0n) is 19.1. The summed E-state index contributed by atoms with van der Waals surface area (Å²) in [5.41, 5.74) is 3.71. The summed E-state index contributed by atoms with van der Waals surface area (Å²) in [6.07, 6.45) is 1.50. The van der Waals surface area contributed by atoms with Crippen molar-refractivity contribution in [3.63, 3.8) is 0 Å². The molecule has 0 radical (unpaired) electrons. The number of rotatable bonds is 5. The second-order valence-electron chi connectivity index (χ2n) is 7.89. The molecule has 2 amide bonds. The van der Waals surface area contributed by atoms with Crippen molar-refractivity contribution in [3.8, 4) is 11.5 Å². The lowest BCUT2D eigenvalue weighted by atomic mass is 10.0. The number of carbonyl (C=O) groups is 2. The maximum absolute atomic E-state index is 13.6. The molecule has 0 aromatic heterocycles. The molecule has 0 atom stereocenters. The van der Waals surface area contributed by atoms with Crippen LogP contribution in [0.4, 0.5) is 11.4 Å². The highest BCUT2D eigenvalue weighted by Gasteiger charge is 2.41. The number of nitrogens with zero attached hydrogens (tertiary/aromatic N) is 2. The van der Waals surface area contributed by atoms with Crippen molar-refractivity contribution in [2.45, 2.75) is 20.8 Å². The Balaban J connectivity index is 1.86. The van der Waals surface area contributed by atoms with Gasteiger partial charge in [0.1, 0.15) is 5.57 Å². The van der Waals surface area contributed by atoms with Gasteiger partial charge in [0.2, 0.25) is 0 Å². The van der Waals surface area contributed by atoms with E-state index in [9.17, 15) is 14.7 Å². The standard InChI is InChI=1S/C27H24N2O4S/c1-4-33-24-16-19(11-13-23(24)30)15-22-25(31)28(20-8-6-5-7-9-20)27(34)29(26(22)32)21-12-10-17(2)18(3)14-21/h5-16,30H,4H2,1-3H3. The van der Waals surface area contributed by atoms with E-state index in [2.05, 4.69) is 0 Å². The Labute approximate surface area is 203 Å². The van der Waals surface area contributed by atoms with Crippen LogP contribution in [0.15, 0.2) is 72.3 Å². The summed E-state index contributed by atoms with van der Waals surface area (Å²) in [5.74, 6) is -0.785. The van der Waals surface area contributed by atoms with Crippen LogP contribution in [0, 0.1) is 13.8 Å². The molecule has 0 spiro atoms. The Morgan fingerprint density at radius 3 is 2.21 bits per heavy atom. The van der Waals surface area contributed by atoms with Gasteiger partial charge >= 0.3 is 0 Å². The summed E-state index contributed by atoms with van der Waals surface area (Å²) in [6, 6.07) is 19.3. The first-order valence-electron chi connectivity index (χ1n) is 10.8. The SMILES string of the molecule is CCOc1cc(C=C2C(=O)N(c3ccccc3)C(=S)N(c3ccc(C)c(C)c3)C2=O)ccc1O. The predicted octanol–water partition coefficient (Wildman–Crippen LogP) is 5.16. The van der Waals surface area contributed by atoms with Gasteiger partial charge < -0.3 is 9.84 Å². The van der Waals surface area contributed by atoms with Gasteiger partial charge in [0.15, 0.2) is 16.6 Å². The molecular formula is C27H24N2O4S. The molecule has 34 heavy (non-hydrogen) atoms. The first-order valence-corrected chi connectivity index (χ1v) is 11.2.